The van der Waals surface area contributed by atoms with Gasteiger partial charge in [-0.3, -0.25) is 10.1 Å². The molecule has 25 heavy (non-hydrogen) atoms. The molecule has 3 aromatic carbocycles. The topological polar surface area (TPSA) is 102 Å². The Kier molecular flexibility index (Phi) is 4.44. The van der Waals surface area contributed by atoms with Crippen LogP contribution >= 0.6 is 0 Å². The second-order valence-corrected chi connectivity index (χ2v) is 6.83. The summed E-state index contributed by atoms with van der Waals surface area (Å²) in [6.45, 7) is 0. The van der Waals surface area contributed by atoms with Crippen LogP contribution < -0.4 is 4.83 Å². The normalized spacial score (nSPS) is 11.7. The lowest BCUT2D eigenvalue weighted by Crippen LogP contribution is -2.18. The van der Waals surface area contributed by atoms with Crippen LogP contribution in [-0.4, -0.2) is 19.6 Å². The zero-order valence-corrected chi connectivity index (χ0v) is 13.7. The summed E-state index contributed by atoms with van der Waals surface area (Å²) >= 11 is 0. The van der Waals surface area contributed by atoms with Gasteiger partial charge in [-0.15, -0.1) is 0 Å². The molecule has 3 rings (SSSR count). The Morgan fingerprint density at radius 2 is 1.64 bits per heavy atom. The van der Waals surface area contributed by atoms with E-state index in [0.717, 1.165) is 40.6 Å². The molecule has 8 heteroatoms. The Hall–Kier alpha value is -3.26. The van der Waals surface area contributed by atoms with Crippen molar-refractivity contribution in [1.82, 2.24) is 4.83 Å². The third-order valence-corrected chi connectivity index (χ3v) is 4.80. The molecule has 0 heterocycles. The summed E-state index contributed by atoms with van der Waals surface area (Å²) in [5.41, 5.74) is 0.586. The molecule has 126 valence electrons. The number of nitro benzene ring substituents is 1. The number of nitrogens with one attached hydrogen (secondary N) is 1. The smallest absolute Gasteiger partial charge is 0.258 e. The van der Waals surface area contributed by atoms with Crippen LogP contribution in [0.4, 0.5) is 5.69 Å². The molecule has 0 unspecified atom stereocenters. The van der Waals surface area contributed by atoms with Gasteiger partial charge in [0.15, 0.2) is 0 Å². The minimum absolute atomic E-state index is 0.104. The fourth-order valence-corrected chi connectivity index (χ4v) is 3.12. The maximum atomic E-state index is 12.2. The minimum atomic E-state index is -3.90. The molecular weight excluding hydrogens is 342 g/mol. The molecule has 0 spiro atoms. The Labute approximate surface area is 143 Å². The maximum absolute atomic E-state index is 12.2. The van der Waals surface area contributed by atoms with E-state index < -0.39 is 14.9 Å². The highest BCUT2D eigenvalue weighted by Gasteiger charge is 2.14. The number of nitrogens with zero attached hydrogens (tertiary/aromatic N) is 2. The summed E-state index contributed by atoms with van der Waals surface area (Å²) in [5.74, 6) is 0. The van der Waals surface area contributed by atoms with Crippen molar-refractivity contribution in [2.45, 2.75) is 4.90 Å². The molecule has 0 saturated carbocycles. The van der Waals surface area contributed by atoms with Crippen molar-refractivity contribution in [3.63, 3.8) is 0 Å². The van der Waals surface area contributed by atoms with Crippen molar-refractivity contribution in [2.24, 2.45) is 5.10 Å². The number of hydrazone groups is 1. The quantitative estimate of drug-likeness (QED) is 0.432. The van der Waals surface area contributed by atoms with Crippen LogP contribution in [0.3, 0.4) is 0 Å². The first-order valence-corrected chi connectivity index (χ1v) is 8.73. The lowest BCUT2D eigenvalue weighted by atomic mass is 10.1. The van der Waals surface area contributed by atoms with E-state index in [2.05, 4.69) is 9.93 Å². The van der Waals surface area contributed by atoms with Crippen molar-refractivity contribution in [2.75, 3.05) is 0 Å². The van der Waals surface area contributed by atoms with Gasteiger partial charge in [-0.2, -0.15) is 13.5 Å². The largest absolute Gasteiger partial charge is 0.276 e. The van der Waals surface area contributed by atoms with E-state index in [4.69, 9.17) is 0 Å². The van der Waals surface area contributed by atoms with E-state index in [9.17, 15) is 18.5 Å². The van der Waals surface area contributed by atoms with Gasteiger partial charge in [0.05, 0.1) is 16.0 Å². The summed E-state index contributed by atoms with van der Waals surface area (Å²) in [5, 5.41) is 16.4. The third-order valence-electron chi connectivity index (χ3n) is 3.56. The van der Waals surface area contributed by atoms with Crippen LogP contribution in [0.2, 0.25) is 0 Å². The van der Waals surface area contributed by atoms with Crippen LogP contribution in [0.5, 0.6) is 0 Å². The molecule has 0 fully saturated rings. The number of hydrogen-bond acceptors (Lipinski definition) is 5. The van der Waals surface area contributed by atoms with Crippen molar-refractivity contribution in [1.29, 1.82) is 0 Å². The highest BCUT2D eigenvalue weighted by molar-refractivity contribution is 7.89. The highest BCUT2D eigenvalue weighted by atomic mass is 32.2. The Bertz CT molecular complexity index is 1060. The van der Waals surface area contributed by atoms with Crippen molar-refractivity contribution in [3.8, 4) is 0 Å². The first-order valence-electron chi connectivity index (χ1n) is 7.24. The van der Waals surface area contributed by atoms with Gasteiger partial charge >= 0.3 is 0 Å². The number of nitro groups is 1. The number of hydrogen-bond donors (Lipinski definition) is 1. The van der Waals surface area contributed by atoms with Crippen LogP contribution in [0.15, 0.2) is 76.7 Å². The fraction of sp³-hybridized carbons (Fsp3) is 0. The van der Waals surface area contributed by atoms with E-state index in [1.54, 1.807) is 0 Å². The molecule has 0 amide bonds. The minimum Gasteiger partial charge on any atom is -0.258 e. The second kappa shape index (κ2) is 6.70. The molecule has 0 bridgehead atoms. The molecule has 0 aliphatic carbocycles. The Balaban J connectivity index is 1.81. The first kappa shape index (κ1) is 16.6. The SMILES string of the molecule is O=[N+]([O-])c1ccc(S(=O)(=O)NN=Cc2cccc3ccccc23)cc1. The van der Waals surface area contributed by atoms with Gasteiger partial charge < -0.3 is 0 Å². The molecule has 0 aromatic heterocycles. The molecule has 3 aromatic rings. The standard InChI is InChI=1S/C17H13N3O4S/c21-20(22)15-8-10-16(11-9-15)25(23,24)19-18-12-14-6-3-5-13-4-1-2-7-17(13)14/h1-12,19H. The highest BCUT2D eigenvalue weighted by Crippen LogP contribution is 2.17. The number of fused-ring (bicyclic) bond motifs is 1. The molecule has 1 N–H and O–H groups in total. The molecule has 0 aliphatic heterocycles. The van der Waals surface area contributed by atoms with Gasteiger partial charge in [-0.05, 0) is 22.9 Å². The molecule has 0 aliphatic rings. The van der Waals surface area contributed by atoms with E-state index in [1.165, 1.54) is 6.21 Å². The molecule has 0 saturated heterocycles. The van der Waals surface area contributed by atoms with Crippen LogP contribution in [0.25, 0.3) is 10.8 Å². The van der Waals surface area contributed by atoms with Gasteiger partial charge in [0, 0.05) is 17.7 Å². The van der Waals surface area contributed by atoms with Crippen molar-refractivity contribution >= 4 is 32.7 Å². The molecule has 0 radical (unpaired) electrons. The van der Waals surface area contributed by atoms with Crippen LogP contribution in [0.1, 0.15) is 5.56 Å². The predicted molar refractivity (Wildman–Crippen MR) is 95.0 cm³/mol. The van der Waals surface area contributed by atoms with Crippen molar-refractivity contribution < 1.29 is 13.3 Å². The van der Waals surface area contributed by atoms with Gasteiger partial charge in [-0.25, -0.2) is 4.83 Å². The number of benzene rings is 3. The summed E-state index contributed by atoms with van der Waals surface area (Å²) in [6.07, 6.45) is 1.42. The van der Waals surface area contributed by atoms with Crippen LogP contribution in [0, 0.1) is 10.1 Å². The van der Waals surface area contributed by atoms with Crippen LogP contribution in [-0.2, 0) is 10.0 Å². The average molecular weight is 355 g/mol. The van der Waals surface area contributed by atoms with E-state index in [-0.39, 0.29) is 10.6 Å². The fourth-order valence-electron chi connectivity index (χ4n) is 2.33. The summed E-state index contributed by atoms with van der Waals surface area (Å²) in [6, 6.07) is 17.9. The number of rotatable bonds is 5. The Morgan fingerprint density at radius 1 is 0.960 bits per heavy atom. The Morgan fingerprint density at radius 3 is 2.36 bits per heavy atom. The monoisotopic (exact) mass is 355 g/mol. The summed E-state index contributed by atoms with van der Waals surface area (Å²) in [7, 11) is -3.90. The third kappa shape index (κ3) is 3.64. The molecule has 0 atom stereocenters. The van der Waals surface area contributed by atoms with E-state index in [0.29, 0.717) is 0 Å². The molecular formula is C17H13N3O4S. The van der Waals surface area contributed by atoms with E-state index in [1.807, 2.05) is 42.5 Å². The lowest BCUT2D eigenvalue weighted by Gasteiger charge is -2.04. The summed E-state index contributed by atoms with van der Waals surface area (Å²) in [4.78, 5) is 12.0. The van der Waals surface area contributed by atoms with Gasteiger partial charge in [0.1, 0.15) is 0 Å². The molecule has 7 nitrogen and oxygen atoms in total. The lowest BCUT2D eigenvalue weighted by molar-refractivity contribution is -0.384. The predicted octanol–water partition coefficient (Wildman–Crippen LogP) is 3.06. The van der Waals surface area contributed by atoms with Crippen molar-refractivity contribution in [3.05, 3.63) is 82.4 Å². The van der Waals surface area contributed by atoms with E-state index >= 15 is 0 Å². The van der Waals surface area contributed by atoms with Gasteiger partial charge in [0.2, 0.25) is 0 Å². The number of sulfonamides is 1. The second-order valence-electron chi connectivity index (χ2n) is 5.17. The zero-order valence-electron chi connectivity index (χ0n) is 12.9. The summed E-state index contributed by atoms with van der Waals surface area (Å²) < 4.78 is 24.3. The van der Waals surface area contributed by atoms with Gasteiger partial charge in [-0.1, -0.05) is 42.5 Å². The maximum Gasteiger partial charge on any atom is 0.276 e. The number of non-ortho nitro benzene ring substituents is 1. The average Bonchev–Trinajstić information content (AvgIpc) is 2.62. The first-order chi connectivity index (χ1) is 12.0. The van der Waals surface area contributed by atoms with Gasteiger partial charge in [0.25, 0.3) is 15.7 Å². The zero-order chi connectivity index (χ0) is 17.9.